The van der Waals surface area contributed by atoms with Crippen molar-refractivity contribution in [2.24, 2.45) is 5.73 Å². The van der Waals surface area contributed by atoms with Gasteiger partial charge < -0.3 is 14.7 Å². The highest BCUT2D eigenvalue weighted by atomic mass is 16.5. The Hall–Kier alpha value is -2.44. The summed E-state index contributed by atoms with van der Waals surface area (Å²) in [5.41, 5.74) is 7.83. The van der Waals surface area contributed by atoms with Gasteiger partial charge in [0.2, 0.25) is 11.7 Å². The van der Waals surface area contributed by atoms with Crippen LogP contribution in [0.5, 0.6) is 0 Å². The molecule has 0 saturated carbocycles. The van der Waals surface area contributed by atoms with Crippen LogP contribution in [0.3, 0.4) is 0 Å². The molecular formula is C17H20N4O2. The van der Waals surface area contributed by atoms with Crippen molar-refractivity contribution in [1.29, 1.82) is 0 Å². The maximum atomic E-state index is 5.71. The van der Waals surface area contributed by atoms with Crippen LogP contribution in [-0.4, -0.2) is 34.7 Å². The summed E-state index contributed by atoms with van der Waals surface area (Å²) in [5, 5.41) is 3.99. The molecule has 120 valence electrons. The van der Waals surface area contributed by atoms with E-state index in [0.717, 1.165) is 25.1 Å². The standard InChI is InChI=1S/C17H20N4O2/c18-8-10-21(9-6-14-4-2-1-3-5-14)12-16-19-17(20-23-16)15-7-11-22-13-15/h1-5,7,11,13H,6,8-10,12,18H2. The number of nitrogens with zero attached hydrogens (tertiary/aromatic N) is 3. The number of hydrogen-bond acceptors (Lipinski definition) is 6. The van der Waals surface area contributed by atoms with Gasteiger partial charge in [0.25, 0.3) is 0 Å². The number of hydrogen-bond donors (Lipinski definition) is 1. The average Bonchev–Trinajstić information content (AvgIpc) is 3.25. The van der Waals surface area contributed by atoms with Gasteiger partial charge in [-0.15, -0.1) is 0 Å². The second-order valence-corrected chi connectivity index (χ2v) is 5.32. The highest BCUT2D eigenvalue weighted by Gasteiger charge is 2.13. The van der Waals surface area contributed by atoms with Crippen LogP contribution in [0.15, 0.2) is 57.9 Å². The normalized spacial score (nSPS) is 11.2. The smallest absolute Gasteiger partial charge is 0.241 e. The van der Waals surface area contributed by atoms with Crippen molar-refractivity contribution in [2.75, 3.05) is 19.6 Å². The molecule has 3 rings (SSSR count). The first kappa shape index (κ1) is 15.5. The minimum absolute atomic E-state index is 0.546. The lowest BCUT2D eigenvalue weighted by molar-refractivity contribution is 0.234. The molecular weight excluding hydrogens is 292 g/mol. The molecule has 0 atom stereocenters. The van der Waals surface area contributed by atoms with E-state index in [4.69, 9.17) is 14.7 Å². The Balaban J connectivity index is 1.60. The zero-order valence-electron chi connectivity index (χ0n) is 12.9. The number of benzene rings is 1. The van der Waals surface area contributed by atoms with Crippen LogP contribution in [0.4, 0.5) is 0 Å². The Morgan fingerprint density at radius 3 is 2.70 bits per heavy atom. The van der Waals surface area contributed by atoms with Gasteiger partial charge in [-0.05, 0) is 18.1 Å². The molecule has 0 aliphatic carbocycles. The summed E-state index contributed by atoms with van der Waals surface area (Å²) in [7, 11) is 0. The van der Waals surface area contributed by atoms with Crippen molar-refractivity contribution >= 4 is 0 Å². The van der Waals surface area contributed by atoms with Crippen LogP contribution < -0.4 is 5.73 Å². The van der Waals surface area contributed by atoms with Crippen LogP contribution in [0.1, 0.15) is 11.5 Å². The van der Waals surface area contributed by atoms with Gasteiger partial charge in [0, 0.05) is 19.6 Å². The Morgan fingerprint density at radius 1 is 1.09 bits per heavy atom. The molecule has 1 aromatic carbocycles. The molecule has 0 amide bonds. The third-order valence-corrected chi connectivity index (χ3v) is 3.61. The predicted octanol–water partition coefficient (Wildman–Crippen LogP) is 2.33. The van der Waals surface area contributed by atoms with E-state index in [-0.39, 0.29) is 0 Å². The summed E-state index contributed by atoms with van der Waals surface area (Å²) in [5.74, 6) is 1.13. The lowest BCUT2D eigenvalue weighted by atomic mass is 10.1. The van der Waals surface area contributed by atoms with Gasteiger partial charge in [-0.1, -0.05) is 35.5 Å². The van der Waals surface area contributed by atoms with E-state index in [1.54, 1.807) is 12.5 Å². The van der Waals surface area contributed by atoms with Gasteiger partial charge >= 0.3 is 0 Å². The lowest BCUT2D eigenvalue weighted by Crippen LogP contribution is -2.31. The first-order chi connectivity index (χ1) is 11.3. The Morgan fingerprint density at radius 2 is 1.96 bits per heavy atom. The molecule has 0 bridgehead atoms. The Kier molecular flexibility index (Phi) is 5.18. The van der Waals surface area contributed by atoms with Crippen molar-refractivity contribution in [3.8, 4) is 11.4 Å². The fourth-order valence-corrected chi connectivity index (χ4v) is 2.40. The summed E-state index contributed by atoms with van der Waals surface area (Å²) in [4.78, 5) is 6.63. The van der Waals surface area contributed by atoms with Crippen LogP contribution >= 0.6 is 0 Å². The van der Waals surface area contributed by atoms with E-state index in [9.17, 15) is 0 Å². The number of rotatable bonds is 8. The summed E-state index contributed by atoms with van der Waals surface area (Å²) in [6, 6.07) is 12.2. The quantitative estimate of drug-likeness (QED) is 0.687. The van der Waals surface area contributed by atoms with Gasteiger partial charge in [-0.2, -0.15) is 4.98 Å². The molecule has 0 aliphatic rings. The van der Waals surface area contributed by atoms with Crippen molar-refractivity contribution in [3.63, 3.8) is 0 Å². The van der Waals surface area contributed by atoms with Gasteiger partial charge in [0.1, 0.15) is 6.26 Å². The van der Waals surface area contributed by atoms with Crippen molar-refractivity contribution in [2.45, 2.75) is 13.0 Å². The van der Waals surface area contributed by atoms with Crippen LogP contribution in [0, 0.1) is 0 Å². The van der Waals surface area contributed by atoms with Gasteiger partial charge in [0.05, 0.1) is 18.4 Å². The van der Waals surface area contributed by atoms with Crippen molar-refractivity contribution < 1.29 is 8.94 Å². The molecule has 2 N–H and O–H groups in total. The largest absolute Gasteiger partial charge is 0.472 e. The summed E-state index contributed by atoms with van der Waals surface area (Å²) in [6.45, 7) is 2.87. The molecule has 6 nitrogen and oxygen atoms in total. The number of furan rings is 1. The van der Waals surface area contributed by atoms with E-state index >= 15 is 0 Å². The third-order valence-electron chi connectivity index (χ3n) is 3.61. The third kappa shape index (κ3) is 4.28. The van der Waals surface area contributed by atoms with E-state index in [1.165, 1.54) is 5.56 Å². The SMILES string of the molecule is NCCN(CCc1ccccc1)Cc1nc(-c2ccoc2)no1. The Bertz CT molecular complexity index is 694. The zero-order valence-corrected chi connectivity index (χ0v) is 12.9. The lowest BCUT2D eigenvalue weighted by Gasteiger charge is -2.19. The fraction of sp³-hybridized carbons (Fsp3) is 0.294. The molecule has 23 heavy (non-hydrogen) atoms. The first-order valence-electron chi connectivity index (χ1n) is 7.66. The second kappa shape index (κ2) is 7.71. The predicted molar refractivity (Wildman–Crippen MR) is 86.5 cm³/mol. The molecule has 0 spiro atoms. The summed E-state index contributed by atoms with van der Waals surface area (Å²) < 4.78 is 10.4. The molecule has 3 aromatic rings. The zero-order chi connectivity index (χ0) is 15.9. The molecule has 2 aromatic heterocycles. The van der Waals surface area contributed by atoms with Gasteiger partial charge in [-0.3, -0.25) is 4.90 Å². The molecule has 0 unspecified atom stereocenters. The second-order valence-electron chi connectivity index (χ2n) is 5.32. The summed E-state index contributed by atoms with van der Waals surface area (Å²) >= 11 is 0. The molecule has 0 fully saturated rings. The van der Waals surface area contributed by atoms with E-state index in [1.807, 2.05) is 12.1 Å². The first-order valence-corrected chi connectivity index (χ1v) is 7.66. The Labute approximate surface area is 134 Å². The van der Waals surface area contributed by atoms with Crippen LogP contribution in [0.2, 0.25) is 0 Å². The van der Waals surface area contributed by atoms with Crippen molar-refractivity contribution in [1.82, 2.24) is 15.0 Å². The highest BCUT2D eigenvalue weighted by Crippen LogP contribution is 2.16. The molecule has 6 heteroatoms. The van der Waals surface area contributed by atoms with Gasteiger partial charge in [-0.25, -0.2) is 0 Å². The maximum absolute atomic E-state index is 5.71. The topological polar surface area (TPSA) is 81.3 Å². The minimum atomic E-state index is 0.546. The highest BCUT2D eigenvalue weighted by molar-refractivity contribution is 5.51. The molecule has 0 saturated heterocycles. The average molecular weight is 312 g/mol. The molecule has 0 radical (unpaired) electrons. The van der Waals surface area contributed by atoms with Crippen LogP contribution in [0.25, 0.3) is 11.4 Å². The van der Waals surface area contributed by atoms with Gasteiger partial charge in [0.15, 0.2) is 0 Å². The minimum Gasteiger partial charge on any atom is -0.472 e. The van der Waals surface area contributed by atoms with Crippen molar-refractivity contribution in [3.05, 3.63) is 60.4 Å². The van der Waals surface area contributed by atoms with E-state index in [2.05, 4.69) is 39.3 Å². The number of nitrogens with two attached hydrogens (primary N) is 1. The van der Waals surface area contributed by atoms with E-state index < -0.39 is 0 Å². The summed E-state index contributed by atoms with van der Waals surface area (Å²) in [6.07, 6.45) is 4.15. The number of aromatic nitrogens is 2. The molecule has 2 heterocycles. The molecule has 0 aliphatic heterocycles. The monoisotopic (exact) mass is 312 g/mol. The van der Waals surface area contributed by atoms with Crippen LogP contribution in [-0.2, 0) is 13.0 Å². The van der Waals surface area contributed by atoms with E-state index in [0.29, 0.717) is 24.8 Å². The fourth-order valence-electron chi connectivity index (χ4n) is 2.40. The maximum Gasteiger partial charge on any atom is 0.241 e.